The molecule has 0 fully saturated rings. The molecule has 2 aromatic heterocycles. The highest BCUT2D eigenvalue weighted by molar-refractivity contribution is 5.90. The van der Waals surface area contributed by atoms with Crippen LogP contribution in [-0.4, -0.2) is 37.5 Å². The van der Waals surface area contributed by atoms with E-state index in [4.69, 9.17) is 5.21 Å². The molecule has 0 radical (unpaired) electrons. The molecule has 1 unspecified atom stereocenters. The van der Waals surface area contributed by atoms with Crippen molar-refractivity contribution in [2.75, 3.05) is 6.54 Å². The number of H-pyrrole nitrogens is 2. The largest absolute Gasteiger partial charge is 0.361 e. The zero-order chi connectivity index (χ0) is 22.6. The number of amides is 1. The van der Waals surface area contributed by atoms with Crippen LogP contribution in [0.5, 0.6) is 0 Å². The molecule has 1 aliphatic carbocycles. The van der Waals surface area contributed by atoms with Crippen molar-refractivity contribution in [3.63, 3.8) is 0 Å². The number of nitrogens with one attached hydrogen (secondary N) is 3. The van der Waals surface area contributed by atoms with E-state index >= 15 is 0 Å². The minimum absolute atomic E-state index is 0.314. The van der Waals surface area contributed by atoms with E-state index in [-0.39, 0.29) is 0 Å². The molecular formula is C26H27N5O2. The van der Waals surface area contributed by atoms with Crippen LogP contribution in [0.4, 0.5) is 0 Å². The lowest BCUT2D eigenvalue weighted by atomic mass is 10.0. The number of imidazole rings is 1. The molecule has 33 heavy (non-hydrogen) atoms. The highest BCUT2D eigenvalue weighted by atomic mass is 16.5. The van der Waals surface area contributed by atoms with Crippen LogP contribution >= 0.6 is 0 Å². The van der Waals surface area contributed by atoms with Crippen molar-refractivity contribution in [1.29, 1.82) is 0 Å². The Morgan fingerprint density at radius 1 is 1.24 bits per heavy atom. The van der Waals surface area contributed by atoms with Crippen LogP contribution in [0.3, 0.4) is 0 Å². The molecule has 0 saturated carbocycles. The van der Waals surface area contributed by atoms with E-state index < -0.39 is 5.91 Å². The number of nitrogens with zero attached hydrogens (tertiary/aromatic N) is 2. The molecule has 2 aromatic carbocycles. The van der Waals surface area contributed by atoms with E-state index in [1.54, 1.807) is 17.8 Å². The van der Waals surface area contributed by atoms with E-state index in [0.717, 1.165) is 43.7 Å². The molecule has 1 atom stereocenters. The number of aryl methyl sites for hydroxylation is 1. The second kappa shape index (κ2) is 9.44. The molecule has 1 amide bonds. The summed E-state index contributed by atoms with van der Waals surface area (Å²) in [4.78, 5) is 24.9. The lowest BCUT2D eigenvalue weighted by Gasteiger charge is -2.29. The molecule has 0 spiro atoms. The smallest absolute Gasteiger partial charge is 0.267 e. The SMILES string of the molecule is O=C(C=Cc1ccc2c(c1)CCC2N(CCc1c[nH]c2ccccc12)Cc1ncc[nH]1)NO. The van der Waals surface area contributed by atoms with Crippen LogP contribution in [0.15, 0.2) is 67.1 Å². The molecule has 0 saturated heterocycles. The summed E-state index contributed by atoms with van der Waals surface area (Å²) in [5.41, 5.74) is 7.72. The molecule has 1 aliphatic rings. The van der Waals surface area contributed by atoms with Gasteiger partial charge in [-0.1, -0.05) is 36.4 Å². The van der Waals surface area contributed by atoms with Crippen molar-refractivity contribution in [3.05, 3.63) is 95.2 Å². The monoisotopic (exact) mass is 441 g/mol. The van der Waals surface area contributed by atoms with Gasteiger partial charge < -0.3 is 9.97 Å². The lowest BCUT2D eigenvalue weighted by Crippen LogP contribution is -2.29. The number of hydrogen-bond acceptors (Lipinski definition) is 4. The van der Waals surface area contributed by atoms with Gasteiger partial charge in [-0.15, -0.1) is 0 Å². The second-order valence-corrected chi connectivity index (χ2v) is 8.44. The number of fused-ring (bicyclic) bond motifs is 2. The summed E-state index contributed by atoms with van der Waals surface area (Å²) in [5, 5.41) is 9.96. The molecule has 168 valence electrons. The van der Waals surface area contributed by atoms with Crippen molar-refractivity contribution in [3.8, 4) is 0 Å². The maximum atomic E-state index is 11.3. The maximum Gasteiger partial charge on any atom is 0.267 e. The Kier molecular flexibility index (Phi) is 6.06. The van der Waals surface area contributed by atoms with Gasteiger partial charge in [0, 0.05) is 48.2 Å². The van der Waals surface area contributed by atoms with E-state index in [1.165, 1.54) is 33.7 Å². The van der Waals surface area contributed by atoms with E-state index in [2.05, 4.69) is 62.4 Å². The number of para-hydroxylation sites is 1. The van der Waals surface area contributed by atoms with Gasteiger partial charge in [0.2, 0.25) is 0 Å². The fraction of sp³-hybridized carbons (Fsp3) is 0.231. The summed E-state index contributed by atoms with van der Waals surface area (Å²) in [5.74, 6) is 0.437. The highest BCUT2D eigenvalue weighted by Gasteiger charge is 2.28. The number of carbonyl (C=O) groups excluding carboxylic acids is 1. The summed E-state index contributed by atoms with van der Waals surface area (Å²) in [6.07, 6.45) is 11.8. The quantitative estimate of drug-likeness (QED) is 0.188. The van der Waals surface area contributed by atoms with Crippen LogP contribution in [0.25, 0.3) is 17.0 Å². The van der Waals surface area contributed by atoms with Crippen LogP contribution < -0.4 is 5.48 Å². The standard InChI is InChI=1S/C26H27N5O2/c32-26(30-33)10-6-18-5-8-22-19(15-18)7-9-24(22)31(17-25-27-12-13-28-25)14-11-20-16-29-23-4-2-1-3-21(20)23/h1-6,8,10,12-13,15-16,24,29,33H,7,9,11,14,17H2,(H,27,28)(H,30,32). The van der Waals surface area contributed by atoms with Gasteiger partial charge in [-0.2, -0.15) is 0 Å². The molecule has 0 aliphatic heterocycles. The Morgan fingerprint density at radius 2 is 2.15 bits per heavy atom. The Labute approximate surface area is 192 Å². The molecule has 2 heterocycles. The average Bonchev–Trinajstić information content (AvgIpc) is 3.60. The summed E-state index contributed by atoms with van der Waals surface area (Å²) in [7, 11) is 0. The summed E-state index contributed by atoms with van der Waals surface area (Å²) < 4.78 is 0. The van der Waals surface area contributed by atoms with E-state index in [1.807, 2.05) is 12.3 Å². The molecule has 7 heteroatoms. The number of benzene rings is 2. The van der Waals surface area contributed by atoms with Gasteiger partial charge in [0.15, 0.2) is 0 Å². The van der Waals surface area contributed by atoms with Gasteiger partial charge in [-0.05, 0) is 53.7 Å². The van der Waals surface area contributed by atoms with Gasteiger partial charge in [0.05, 0.1) is 6.54 Å². The Bertz CT molecular complexity index is 1280. The summed E-state index contributed by atoms with van der Waals surface area (Å²) in [6, 6.07) is 15.1. The number of aromatic amines is 2. The van der Waals surface area contributed by atoms with Gasteiger partial charge in [-0.25, -0.2) is 10.5 Å². The molecule has 0 bridgehead atoms. The van der Waals surface area contributed by atoms with Gasteiger partial charge in [0.25, 0.3) is 5.91 Å². The van der Waals surface area contributed by atoms with E-state index in [0.29, 0.717) is 6.04 Å². The van der Waals surface area contributed by atoms with Crippen LogP contribution in [0.2, 0.25) is 0 Å². The third-order valence-electron chi connectivity index (χ3n) is 6.44. The average molecular weight is 442 g/mol. The Balaban J connectivity index is 1.37. The Hall–Kier alpha value is -3.68. The third kappa shape index (κ3) is 4.60. The number of aromatic nitrogens is 3. The third-order valence-corrected chi connectivity index (χ3v) is 6.44. The fourth-order valence-electron chi connectivity index (χ4n) is 4.83. The first-order chi connectivity index (χ1) is 16.2. The van der Waals surface area contributed by atoms with Crippen molar-refractivity contribution in [1.82, 2.24) is 25.3 Å². The zero-order valence-corrected chi connectivity index (χ0v) is 18.3. The molecule has 7 nitrogen and oxygen atoms in total. The highest BCUT2D eigenvalue weighted by Crippen LogP contribution is 2.37. The van der Waals surface area contributed by atoms with Gasteiger partial charge >= 0.3 is 0 Å². The van der Waals surface area contributed by atoms with Crippen molar-refractivity contribution in [2.24, 2.45) is 0 Å². The predicted molar refractivity (Wildman–Crippen MR) is 127 cm³/mol. The maximum absolute atomic E-state index is 11.3. The fourth-order valence-corrected chi connectivity index (χ4v) is 4.83. The van der Waals surface area contributed by atoms with Crippen molar-refractivity contribution >= 4 is 22.9 Å². The molecule has 4 N–H and O–H groups in total. The van der Waals surface area contributed by atoms with E-state index in [9.17, 15) is 4.79 Å². The summed E-state index contributed by atoms with van der Waals surface area (Å²) in [6.45, 7) is 1.68. The first-order valence-corrected chi connectivity index (χ1v) is 11.2. The van der Waals surface area contributed by atoms with Crippen molar-refractivity contribution < 1.29 is 10.0 Å². The lowest BCUT2D eigenvalue weighted by molar-refractivity contribution is -0.124. The van der Waals surface area contributed by atoms with Crippen LogP contribution in [0.1, 0.15) is 40.5 Å². The number of rotatable bonds is 8. The molecular weight excluding hydrogens is 414 g/mol. The second-order valence-electron chi connectivity index (χ2n) is 8.44. The van der Waals surface area contributed by atoms with Gasteiger partial charge in [-0.3, -0.25) is 14.9 Å². The zero-order valence-electron chi connectivity index (χ0n) is 18.3. The minimum Gasteiger partial charge on any atom is -0.361 e. The van der Waals surface area contributed by atoms with Gasteiger partial charge in [0.1, 0.15) is 5.82 Å². The first-order valence-electron chi connectivity index (χ1n) is 11.2. The summed E-state index contributed by atoms with van der Waals surface area (Å²) >= 11 is 0. The molecule has 4 aromatic rings. The predicted octanol–water partition coefficient (Wildman–Crippen LogP) is 4.14. The topological polar surface area (TPSA) is 97.0 Å². The first kappa shape index (κ1) is 21.2. The van der Waals surface area contributed by atoms with Crippen LogP contribution in [-0.2, 0) is 24.2 Å². The normalized spacial score (nSPS) is 15.5. The van der Waals surface area contributed by atoms with Crippen molar-refractivity contribution in [2.45, 2.75) is 31.8 Å². The Morgan fingerprint density at radius 3 is 3.00 bits per heavy atom. The minimum atomic E-state index is -0.532. The number of hydroxylamine groups is 1. The number of carbonyl (C=O) groups is 1. The van der Waals surface area contributed by atoms with Crippen LogP contribution in [0, 0.1) is 0 Å². The molecule has 5 rings (SSSR count). The number of hydrogen-bond donors (Lipinski definition) is 4.